The van der Waals surface area contributed by atoms with Crippen LogP contribution >= 0.6 is 11.3 Å². The largest absolute Gasteiger partial charge is 0.311 e. The maximum absolute atomic E-state index is 2.34. The van der Waals surface area contributed by atoms with E-state index in [1.165, 1.54) is 75.5 Å². The Bertz CT molecular complexity index is 2900. The molecule has 0 aliphatic carbocycles. The van der Waals surface area contributed by atoms with Gasteiger partial charge in [0.25, 0.3) is 0 Å². The number of para-hydroxylation sites is 1. The number of benzene rings is 9. The van der Waals surface area contributed by atoms with E-state index in [0.717, 1.165) is 17.1 Å². The van der Waals surface area contributed by atoms with E-state index in [-0.39, 0.29) is 0 Å². The first-order chi connectivity index (χ1) is 26.8. The van der Waals surface area contributed by atoms with Crippen molar-refractivity contribution in [3.63, 3.8) is 0 Å². The lowest BCUT2D eigenvalue weighted by atomic mass is 9.96. The molecule has 54 heavy (non-hydrogen) atoms. The highest BCUT2D eigenvalue weighted by Crippen LogP contribution is 2.45. The summed E-state index contributed by atoms with van der Waals surface area (Å²) < 4.78 is 2.66. The molecule has 0 unspecified atom stereocenters. The Morgan fingerprint density at radius 3 is 1.44 bits per heavy atom. The fourth-order valence-corrected chi connectivity index (χ4v) is 9.21. The molecule has 0 atom stereocenters. The highest BCUT2D eigenvalue weighted by atomic mass is 32.1. The molecule has 0 radical (unpaired) electrons. The van der Waals surface area contributed by atoms with E-state index in [4.69, 9.17) is 0 Å². The van der Waals surface area contributed by atoms with Crippen molar-refractivity contribution in [3.05, 3.63) is 212 Å². The van der Waals surface area contributed by atoms with Crippen molar-refractivity contribution in [2.75, 3.05) is 4.90 Å². The van der Waals surface area contributed by atoms with Crippen LogP contribution in [0.1, 0.15) is 0 Å². The molecule has 10 rings (SSSR count). The van der Waals surface area contributed by atoms with Crippen molar-refractivity contribution in [1.82, 2.24) is 0 Å². The lowest BCUT2D eigenvalue weighted by molar-refractivity contribution is 1.28. The van der Waals surface area contributed by atoms with Gasteiger partial charge >= 0.3 is 0 Å². The summed E-state index contributed by atoms with van der Waals surface area (Å²) in [7, 11) is 0. The molecule has 254 valence electrons. The van der Waals surface area contributed by atoms with E-state index in [2.05, 4.69) is 217 Å². The highest BCUT2D eigenvalue weighted by Gasteiger charge is 2.16. The molecule has 2 heteroatoms. The topological polar surface area (TPSA) is 3.24 Å². The highest BCUT2D eigenvalue weighted by molar-refractivity contribution is 7.26. The summed E-state index contributed by atoms with van der Waals surface area (Å²) in [4.78, 5) is 2.32. The van der Waals surface area contributed by atoms with E-state index >= 15 is 0 Å². The van der Waals surface area contributed by atoms with Crippen LogP contribution in [0.3, 0.4) is 0 Å². The zero-order valence-electron chi connectivity index (χ0n) is 29.6. The quantitative estimate of drug-likeness (QED) is 0.160. The van der Waals surface area contributed by atoms with Crippen molar-refractivity contribution in [2.45, 2.75) is 0 Å². The molecular formula is C52H35NS. The first kappa shape index (κ1) is 32.0. The number of hydrogen-bond donors (Lipinski definition) is 0. The van der Waals surface area contributed by atoms with E-state index in [1.807, 2.05) is 11.3 Å². The van der Waals surface area contributed by atoms with Gasteiger partial charge in [-0.15, -0.1) is 11.3 Å². The monoisotopic (exact) mass is 705 g/mol. The van der Waals surface area contributed by atoms with Crippen LogP contribution in [-0.4, -0.2) is 0 Å². The van der Waals surface area contributed by atoms with Crippen LogP contribution in [0, 0.1) is 0 Å². The Labute approximate surface area is 319 Å². The zero-order valence-corrected chi connectivity index (χ0v) is 30.4. The standard InChI is InChI=1S/C52H35NS/c1-3-13-36(14-4-1)37-27-31-43(32-28-37)53(42-19-5-2-6-20-42)44-33-29-38(30-34-44)40-17-9-18-41(35-40)46-22-11-25-49-50-26-12-24-48(52(50)54-51(46)49)47-23-10-16-39-15-7-8-21-45(39)47/h1-35H. The summed E-state index contributed by atoms with van der Waals surface area (Å²) in [5.41, 5.74) is 13.3. The molecule has 9 aromatic carbocycles. The predicted molar refractivity (Wildman–Crippen MR) is 233 cm³/mol. The van der Waals surface area contributed by atoms with E-state index in [1.54, 1.807) is 0 Å². The van der Waals surface area contributed by atoms with Crippen LogP contribution < -0.4 is 4.90 Å². The number of anilines is 3. The Hall–Kier alpha value is -6.74. The van der Waals surface area contributed by atoms with E-state index in [0.29, 0.717) is 0 Å². The Morgan fingerprint density at radius 1 is 0.278 bits per heavy atom. The second-order valence-electron chi connectivity index (χ2n) is 13.7. The van der Waals surface area contributed by atoms with Crippen LogP contribution in [0.15, 0.2) is 212 Å². The van der Waals surface area contributed by atoms with E-state index in [9.17, 15) is 0 Å². The molecule has 10 aromatic rings. The molecule has 0 bridgehead atoms. The minimum atomic E-state index is 1.12. The SMILES string of the molecule is c1ccc(-c2ccc(N(c3ccccc3)c3ccc(-c4cccc(-c5cccc6c5sc5c(-c7cccc8ccccc78)cccc56)c4)cc3)cc2)cc1. The summed E-state index contributed by atoms with van der Waals surface area (Å²) >= 11 is 1.91. The van der Waals surface area contributed by atoms with Gasteiger partial charge in [0, 0.05) is 42.8 Å². The Kier molecular flexibility index (Phi) is 8.09. The van der Waals surface area contributed by atoms with Gasteiger partial charge in [0.05, 0.1) is 0 Å². The average Bonchev–Trinajstić information content (AvgIpc) is 3.64. The lowest BCUT2D eigenvalue weighted by Gasteiger charge is -2.26. The number of thiophene rings is 1. The number of rotatable bonds is 7. The van der Waals surface area contributed by atoms with Gasteiger partial charge in [-0.1, -0.05) is 170 Å². The first-order valence-corrected chi connectivity index (χ1v) is 19.2. The number of nitrogens with zero attached hydrogens (tertiary/aromatic N) is 1. The van der Waals surface area contributed by atoms with Crippen LogP contribution in [-0.2, 0) is 0 Å². The summed E-state index contributed by atoms with van der Waals surface area (Å²) in [5.74, 6) is 0. The molecule has 0 fully saturated rings. The third-order valence-corrected chi connectivity index (χ3v) is 11.8. The molecule has 0 saturated heterocycles. The second kappa shape index (κ2) is 13.7. The fraction of sp³-hybridized carbons (Fsp3) is 0. The van der Waals surface area contributed by atoms with Crippen molar-refractivity contribution >= 4 is 59.3 Å². The van der Waals surface area contributed by atoms with Crippen LogP contribution in [0.2, 0.25) is 0 Å². The molecule has 1 heterocycles. The first-order valence-electron chi connectivity index (χ1n) is 18.4. The number of hydrogen-bond acceptors (Lipinski definition) is 2. The summed E-state index contributed by atoms with van der Waals surface area (Å²) in [6.45, 7) is 0. The van der Waals surface area contributed by atoms with Crippen LogP contribution in [0.4, 0.5) is 17.1 Å². The van der Waals surface area contributed by atoms with Crippen molar-refractivity contribution in [1.29, 1.82) is 0 Å². The Balaban J connectivity index is 1.01. The van der Waals surface area contributed by atoms with Gasteiger partial charge in [-0.2, -0.15) is 0 Å². The molecule has 0 N–H and O–H groups in total. The third kappa shape index (κ3) is 5.74. The van der Waals surface area contributed by atoms with Crippen molar-refractivity contribution in [2.24, 2.45) is 0 Å². The predicted octanol–water partition coefficient (Wildman–Crippen LogP) is 15.3. The molecular weight excluding hydrogens is 671 g/mol. The summed E-state index contributed by atoms with van der Waals surface area (Å²) in [6, 6.07) is 76.8. The molecule has 1 nitrogen and oxygen atoms in total. The van der Waals surface area contributed by atoms with Gasteiger partial charge in [0.2, 0.25) is 0 Å². The third-order valence-electron chi connectivity index (χ3n) is 10.5. The average molecular weight is 706 g/mol. The second-order valence-corrected chi connectivity index (χ2v) is 14.7. The van der Waals surface area contributed by atoms with Gasteiger partial charge in [-0.3, -0.25) is 0 Å². The van der Waals surface area contributed by atoms with Crippen molar-refractivity contribution in [3.8, 4) is 44.5 Å². The fourth-order valence-electron chi connectivity index (χ4n) is 7.85. The summed E-state index contributed by atoms with van der Waals surface area (Å²) in [5, 5.41) is 5.18. The van der Waals surface area contributed by atoms with Gasteiger partial charge in [0.15, 0.2) is 0 Å². The Morgan fingerprint density at radius 2 is 0.722 bits per heavy atom. The zero-order chi connectivity index (χ0) is 35.8. The molecule has 0 saturated carbocycles. The van der Waals surface area contributed by atoms with Gasteiger partial charge in [-0.05, 0) is 92.2 Å². The van der Waals surface area contributed by atoms with Gasteiger partial charge < -0.3 is 4.90 Å². The van der Waals surface area contributed by atoms with E-state index < -0.39 is 0 Å². The van der Waals surface area contributed by atoms with Crippen LogP contribution in [0.25, 0.3) is 75.5 Å². The molecule has 1 aromatic heterocycles. The molecule has 0 spiro atoms. The smallest absolute Gasteiger partial charge is 0.0462 e. The van der Waals surface area contributed by atoms with Crippen LogP contribution in [0.5, 0.6) is 0 Å². The molecule has 0 aliphatic rings. The minimum absolute atomic E-state index is 1.12. The minimum Gasteiger partial charge on any atom is -0.311 e. The van der Waals surface area contributed by atoms with Gasteiger partial charge in [0.1, 0.15) is 0 Å². The molecule has 0 aliphatic heterocycles. The van der Waals surface area contributed by atoms with Gasteiger partial charge in [-0.25, -0.2) is 0 Å². The lowest BCUT2D eigenvalue weighted by Crippen LogP contribution is -2.09. The normalized spacial score (nSPS) is 11.3. The number of fused-ring (bicyclic) bond motifs is 4. The van der Waals surface area contributed by atoms with Crippen molar-refractivity contribution < 1.29 is 0 Å². The maximum atomic E-state index is 2.34. The maximum Gasteiger partial charge on any atom is 0.0462 e. The molecule has 0 amide bonds. The summed E-state index contributed by atoms with van der Waals surface area (Å²) in [6.07, 6.45) is 0.